The second kappa shape index (κ2) is 7.26. The molecule has 3 aromatic rings. The van der Waals surface area contributed by atoms with Crippen LogP contribution in [0.1, 0.15) is 5.69 Å². The Morgan fingerprint density at radius 1 is 1.19 bits per heavy atom. The second-order valence-electron chi connectivity index (χ2n) is 5.56. The van der Waals surface area contributed by atoms with Gasteiger partial charge in [-0.25, -0.2) is 9.78 Å². The van der Waals surface area contributed by atoms with Gasteiger partial charge in [-0.05, 0) is 6.92 Å². The molecule has 0 saturated carbocycles. The fourth-order valence-electron chi connectivity index (χ4n) is 2.70. The van der Waals surface area contributed by atoms with E-state index in [1.807, 2.05) is 0 Å². The molecule has 140 valence electrons. The van der Waals surface area contributed by atoms with Crippen LogP contribution in [0.5, 0.6) is 11.6 Å². The molecule has 2 N–H and O–H groups in total. The normalized spacial score (nSPS) is 11.0. The Kier molecular flexibility index (Phi) is 5.19. The van der Waals surface area contributed by atoms with Crippen LogP contribution < -0.4 is 10.2 Å². The first kappa shape index (κ1) is 19.3. The fourth-order valence-corrected chi connectivity index (χ4v) is 3.57. The zero-order valence-electron chi connectivity index (χ0n) is 13.7. The minimum absolute atomic E-state index is 0.0189. The number of rotatable bonds is 4. The van der Waals surface area contributed by atoms with Gasteiger partial charge in [0.2, 0.25) is 5.88 Å². The van der Waals surface area contributed by atoms with Gasteiger partial charge < -0.3 is 19.5 Å². The lowest BCUT2D eigenvalue weighted by atomic mass is 10.2. The van der Waals surface area contributed by atoms with E-state index in [0.29, 0.717) is 5.69 Å². The molecule has 0 bridgehead atoms. The van der Waals surface area contributed by atoms with Crippen LogP contribution in [0.2, 0.25) is 15.1 Å². The van der Waals surface area contributed by atoms with Gasteiger partial charge in [0.1, 0.15) is 11.1 Å². The summed E-state index contributed by atoms with van der Waals surface area (Å²) in [7, 11) is 0. The molecule has 0 aliphatic carbocycles. The summed E-state index contributed by atoms with van der Waals surface area (Å²) in [5.41, 5.74) is 0.488. The van der Waals surface area contributed by atoms with E-state index >= 15 is 0 Å². The van der Waals surface area contributed by atoms with E-state index in [9.17, 15) is 14.7 Å². The number of carboxylic acid groups (broad SMARTS) is 1. The maximum absolute atomic E-state index is 12.6. The number of fused-ring (bicyclic) bond motifs is 1. The Balaban J connectivity index is 2.43. The highest BCUT2D eigenvalue weighted by Gasteiger charge is 2.21. The van der Waals surface area contributed by atoms with Crippen LogP contribution in [0.15, 0.2) is 29.2 Å². The number of phenolic OH excluding ortho intramolecular Hbond substituents is 1. The molecule has 0 fully saturated rings. The first-order chi connectivity index (χ1) is 12.7. The van der Waals surface area contributed by atoms with E-state index in [1.54, 1.807) is 6.92 Å². The molecule has 0 atom stereocenters. The van der Waals surface area contributed by atoms with Gasteiger partial charge in [0.15, 0.2) is 12.0 Å². The molecule has 2 aromatic heterocycles. The predicted molar refractivity (Wildman–Crippen MR) is 102 cm³/mol. The number of carbonyl (C=O) groups is 1. The summed E-state index contributed by atoms with van der Waals surface area (Å²) >= 11 is 18.8. The summed E-state index contributed by atoms with van der Waals surface area (Å²) in [6.07, 6.45) is 1.23. The lowest BCUT2D eigenvalue weighted by Crippen LogP contribution is -2.16. The molecule has 0 amide bonds. The lowest BCUT2D eigenvalue weighted by molar-refractivity contribution is -0.139. The number of phenols is 1. The van der Waals surface area contributed by atoms with E-state index < -0.39 is 18.0 Å². The van der Waals surface area contributed by atoms with E-state index in [0.717, 1.165) is 0 Å². The SMILES string of the molecule is Cc1cc(=O)c2c(OCC(=O)O)ncc(Cl)c2n1-c1c(Cl)cc(O)cc1Cl. The number of carboxylic acids is 1. The zero-order valence-corrected chi connectivity index (χ0v) is 15.9. The Labute approximate surface area is 167 Å². The van der Waals surface area contributed by atoms with Crippen LogP contribution in [-0.2, 0) is 4.79 Å². The topological polar surface area (TPSA) is 102 Å². The minimum atomic E-state index is -1.23. The molecule has 27 heavy (non-hydrogen) atoms. The van der Waals surface area contributed by atoms with Crippen LogP contribution in [0, 0.1) is 6.92 Å². The van der Waals surface area contributed by atoms with Crippen LogP contribution >= 0.6 is 34.8 Å². The van der Waals surface area contributed by atoms with Crippen molar-refractivity contribution >= 4 is 51.7 Å². The highest BCUT2D eigenvalue weighted by atomic mass is 35.5. The maximum Gasteiger partial charge on any atom is 0.341 e. The van der Waals surface area contributed by atoms with E-state index in [2.05, 4.69) is 4.98 Å². The van der Waals surface area contributed by atoms with Gasteiger partial charge in [0, 0.05) is 23.9 Å². The van der Waals surface area contributed by atoms with Crippen molar-refractivity contribution in [2.75, 3.05) is 6.61 Å². The smallest absolute Gasteiger partial charge is 0.341 e. The van der Waals surface area contributed by atoms with E-state index in [-0.39, 0.29) is 43.3 Å². The third-order valence-corrected chi connectivity index (χ3v) is 4.55. The van der Waals surface area contributed by atoms with Crippen molar-refractivity contribution in [3.8, 4) is 17.3 Å². The first-order valence-electron chi connectivity index (χ1n) is 7.44. The zero-order chi connectivity index (χ0) is 19.9. The number of hydrogen-bond donors (Lipinski definition) is 2. The molecular formula is C17H11Cl3N2O5. The Hall–Kier alpha value is -2.48. The van der Waals surface area contributed by atoms with Crippen LogP contribution in [0.25, 0.3) is 16.6 Å². The molecular weight excluding hydrogens is 419 g/mol. The number of nitrogens with zero attached hydrogens (tertiary/aromatic N) is 2. The van der Waals surface area contributed by atoms with Gasteiger partial charge in [0.25, 0.3) is 0 Å². The number of aromatic nitrogens is 2. The lowest BCUT2D eigenvalue weighted by Gasteiger charge is -2.19. The number of pyridine rings is 2. The number of hydrogen-bond acceptors (Lipinski definition) is 5. The van der Waals surface area contributed by atoms with Crippen molar-refractivity contribution in [1.29, 1.82) is 0 Å². The van der Waals surface area contributed by atoms with Crippen molar-refractivity contribution in [2.45, 2.75) is 6.92 Å². The quantitative estimate of drug-likeness (QED) is 0.654. The van der Waals surface area contributed by atoms with Gasteiger partial charge in [0.05, 0.1) is 32.5 Å². The summed E-state index contributed by atoms with van der Waals surface area (Å²) in [5, 5.41) is 18.8. The summed E-state index contributed by atoms with van der Waals surface area (Å²) < 4.78 is 6.66. The molecule has 2 heterocycles. The maximum atomic E-state index is 12.6. The van der Waals surface area contributed by atoms with Crippen LogP contribution in [-0.4, -0.2) is 32.3 Å². The minimum Gasteiger partial charge on any atom is -0.508 e. The average molecular weight is 430 g/mol. The third kappa shape index (κ3) is 3.53. The molecule has 0 aliphatic heterocycles. The summed E-state index contributed by atoms with van der Waals surface area (Å²) in [4.78, 5) is 27.3. The fraction of sp³-hybridized carbons (Fsp3) is 0.118. The molecule has 0 saturated heterocycles. The number of halogens is 3. The molecule has 0 spiro atoms. The van der Waals surface area contributed by atoms with Crippen LogP contribution in [0.3, 0.4) is 0 Å². The molecule has 3 rings (SSSR count). The standard InChI is InChI=1S/C17H11Cl3N2O5/c1-7-2-12(24)14-16(11(20)5-21-17(14)27-6-13(25)26)22(7)15-9(18)3-8(23)4-10(15)19/h2-5,23H,6H2,1H3,(H,25,26). The Bertz CT molecular complexity index is 1120. The predicted octanol–water partition coefficient (Wildman–Crippen LogP) is 3.82. The second-order valence-corrected chi connectivity index (χ2v) is 6.78. The third-order valence-electron chi connectivity index (χ3n) is 3.69. The average Bonchev–Trinajstić information content (AvgIpc) is 2.55. The van der Waals surface area contributed by atoms with Gasteiger partial charge in [-0.3, -0.25) is 4.79 Å². The van der Waals surface area contributed by atoms with Gasteiger partial charge in [-0.15, -0.1) is 0 Å². The van der Waals surface area contributed by atoms with Crippen LogP contribution in [0.4, 0.5) is 0 Å². The molecule has 1 aromatic carbocycles. The van der Waals surface area contributed by atoms with Gasteiger partial charge >= 0.3 is 5.97 Å². The molecule has 7 nitrogen and oxygen atoms in total. The number of ether oxygens (including phenoxy) is 1. The number of aliphatic carboxylic acids is 1. The Morgan fingerprint density at radius 3 is 2.41 bits per heavy atom. The number of aromatic hydroxyl groups is 1. The highest BCUT2D eigenvalue weighted by Crippen LogP contribution is 2.37. The highest BCUT2D eigenvalue weighted by molar-refractivity contribution is 6.38. The largest absolute Gasteiger partial charge is 0.508 e. The van der Waals surface area contributed by atoms with E-state index in [4.69, 9.17) is 44.6 Å². The van der Waals surface area contributed by atoms with Gasteiger partial charge in [-0.1, -0.05) is 34.8 Å². The molecule has 0 aliphatic rings. The molecule has 10 heteroatoms. The summed E-state index contributed by atoms with van der Waals surface area (Å²) in [5.74, 6) is -1.53. The van der Waals surface area contributed by atoms with Crippen molar-refractivity contribution < 1.29 is 19.7 Å². The van der Waals surface area contributed by atoms with Crippen molar-refractivity contribution in [2.24, 2.45) is 0 Å². The van der Waals surface area contributed by atoms with E-state index in [1.165, 1.54) is 29.0 Å². The van der Waals surface area contributed by atoms with Crippen molar-refractivity contribution in [1.82, 2.24) is 9.55 Å². The monoisotopic (exact) mass is 428 g/mol. The molecule has 0 radical (unpaired) electrons. The molecule has 0 unspecified atom stereocenters. The van der Waals surface area contributed by atoms with Crippen molar-refractivity contribution in [3.05, 3.63) is 55.4 Å². The number of aryl methyl sites for hydroxylation is 1. The van der Waals surface area contributed by atoms with Gasteiger partial charge in [-0.2, -0.15) is 0 Å². The summed E-state index contributed by atoms with van der Waals surface area (Å²) in [6, 6.07) is 3.89. The Morgan fingerprint density at radius 2 is 1.81 bits per heavy atom. The number of benzene rings is 1. The van der Waals surface area contributed by atoms with Crippen molar-refractivity contribution in [3.63, 3.8) is 0 Å². The first-order valence-corrected chi connectivity index (χ1v) is 8.58. The summed E-state index contributed by atoms with van der Waals surface area (Å²) in [6.45, 7) is 0.965.